The molecule has 0 aliphatic rings. The molecule has 0 aliphatic heterocycles. The largest absolute Gasteiger partial charge is 0.497 e. The molecule has 1 aromatic carbocycles. The van der Waals surface area contributed by atoms with E-state index < -0.39 is 11.5 Å². The second kappa shape index (κ2) is 8.48. The molecule has 0 saturated heterocycles. The number of pyridine rings is 1. The zero-order chi connectivity index (χ0) is 22.7. The summed E-state index contributed by atoms with van der Waals surface area (Å²) in [5.41, 5.74) is 5.74. The first-order valence-electron chi connectivity index (χ1n) is 9.69. The number of carbonyl (C=O) groups is 1. The first kappa shape index (κ1) is 21.0. The van der Waals surface area contributed by atoms with E-state index >= 15 is 0 Å². The monoisotopic (exact) mass is 428 g/mol. The molecule has 4 aromatic rings. The summed E-state index contributed by atoms with van der Waals surface area (Å²) in [6, 6.07) is 13.6. The number of hydrogen-bond acceptors (Lipinski definition) is 8. The number of methoxy groups -OCH3 is 1. The van der Waals surface area contributed by atoms with Crippen LogP contribution in [0.1, 0.15) is 32.9 Å². The molecule has 0 saturated carbocycles. The van der Waals surface area contributed by atoms with Crippen molar-refractivity contribution in [3.63, 3.8) is 0 Å². The lowest BCUT2D eigenvalue weighted by Gasteiger charge is -2.30. The van der Waals surface area contributed by atoms with Gasteiger partial charge in [0.25, 0.3) is 5.91 Å². The Hall–Kier alpha value is -4.24. The van der Waals surface area contributed by atoms with E-state index in [1.807, 2.05) is 6.92 Å². The lowest BCUT2D eigenvalue weighted by Crippen LogP contribution is -2.34. The number of aliphatic hydroxyl groups is 1. The van der Waals surface area contributed by atoms with Crippen molar-refractivity contribution in [1.82, 2.24) is 25.1 Å². The molecular weight excluding hydrogens is 408 g/mol. The Balaban J connectivity index is 2.01. The minimum atomic E-state index is -1.86. The summed E-state index contributed by atoms with van der Waals surface area (Å²) in [4.78, 5) is 25.4. The van der Waals surface area contributed by atoms with Crippen LogP contribution >= 0.6 is 0 Å². The average Bonchev–Trinajstić information content (AvgIpc) is 2.84. The van der Waals surface area contributed by atoms with Gasteiger partial charge in [-0.3, -0.25) is 9.78 Å². The van der Waals surface area contributed by atoms with Gasteiger partial charge in [-0.15, -0.1) is 5.10 Å². The Morgan fingerprint density at radius 2 is 1.78 bits per heavy atom. The molecule has 3 heterocycles. The summed E-state index contributed by atoms with van der Waals surface area (Å²) in [5.74, 6) is 0.0130. The lowest BCUT2D eigenvalue weighted by molar-refractivity contribution is 0.0966. The van der Waals surface area contributed by atoms with E-state index in [1.54, 1.807) is 55.6 Å². The number of carbonyl (C=O) groups excluding carboxylic acids is 1. The molecule has 9 heteroatoms. The fourth-order valence-electron chi connectivity index (χ4n) is 3.34. The zero-order valence-corrected chi connectivity index (χ0v) is 17.4. The molecule has 160 valence electrons. The minimum Gasteiger partial charge on any atom is -0.497 e. The van der Waals surface area contributed by atoms with Crippen LogP contribution in [0.5, 0.6) is 5.75 Å². The Bertz CT molecular complexity index is 1250. The van der Waals surface area contributed by atoms with Crippen LogP contribution in [-0.2, 0) is 5.60 Å². The number of amides is 1. The molecule has 0 radical (unpaired) electrons. The van der Waals surface area contributed by atoms with Crippen LogP contribution in [0.25, 0.3) is 11.5 Å². The predicted molar refractivity (Wildman–Crippen MR) is 116 cm³/mol. The van der Waals surface area contributed by atoms with E-state index in [0.717, 1.165) is 5.69 Å². The molecule has 3 N–H and O–H groups in total. The van der Waals surface area contributed by atoms with Gasteiger partial charge in [0.1, 0.15) is 11.4 Å². The van der Waals surface area contributed by atoms with Crippen molar-refractivity contribution in [3.8, 4) is 17.3 Å². The molecule has 32 heavy (non-hydrogen) atoms. The third-order valence-corrected chi connectivity index (χ3v) is 5.04. The normalized spacial score (nSPS) is 12.7. The second-order valence-corrected chi connectivity index (χ2v) is 7.06. The van der Waals surface area contributed by atoms with Gasteiger partial charge in [0, 0.05) is 29.8 Å². The number of nitrogens with zero attached hydrogens (tertiary/aromatic N) is 5. The van der Waals surface area contributed by atoms with Gasteiger partial charge in [0.05, 0.1) is 18.4 Å². The van der Waals surface area contributed by atoms with Gasteiger partial charge in [-0.05, 0) is 42.8 Å². The highest BCUT2D eigenvalue weighted by Gasteiger charge is 2.39. The van der Waals surface area contributed by atoms with Crippen LogP contribution in [0.4, 0.5) is 0 Å². The highest BCUT2D eigenvalue weighted by Crippen LogP contribution is 2.38. The standard InChI is InChI=1S/C23H20N6O3/c1-14-5-6-16(12-25-14)23(31,15-7-9-17(32-2)10-8-15)20-18(21(24)30)13-26-22(28-20)19-4-3-11-27-29-19/h3-13,31H,1-2H3,(H2,24,30). The number of benzene rings is 1. The van der Waals surface area contributed by atoms with Crippen molar-refractivity contribution in [2.45, 2.75) is 12.5 Å². The van der Waals surface area contributed by atoms with Crippen molar-refractivity contribution in [2.24, 2.45) is 5.73 Å². The van der Waals surface area contributed by atoms with Gasteiger partial charge in [0.2, 0.25) is 0 Å². The van der Waals surface area contributed by atoms with Crippen molar-refractivity contribution in [3.05, 3.63) is 95.2 Å². The topological polar surface area (TPSA) is 137 Å². The first-order chi connectivity index (χ1) is 15.4. The SMILES string of the molecule is COc1ccc(C(O)(c2ccc(C)nc2)c2nc(-c3cccnn3)ncc2C(N)=O)cc1. The summed E-state index contributed by atoms with van der Waals surface area (Å²) in [7, 11) is 1.55. The van der Waals surface area contributed by atoms with Crippen molar-refractivity contribution < 1.29 is 14.6 Å². The lowest BCUT2D eigenvalue weighted by atomic mass is 9.82. The molecule has 0 fully saturated rings. The number of ether oxygens (including phenoxy) is 1. The van der Waals surface area contributed by atoms with Gasteiger partial charge >= 0.3 is 0 Å². The Labute approximate surface area is 184 Å². The van der Waals surface area contributed by atoms with E-state index in [-0.39, 0.29) is 17.1 Å². The molecule has 0 bridgehead atoms. The molecule has 4 rings (SSSR count). The predicted octanol–water partition coefficient (Wildman–Crippen LogP) is 2.03. The van der Waals surface area contributed by atoms with E-state index in [4.69, 9.17) is 10.5 Å². The summed E-state index contributed by atoms with van der Waals surface area (Å²) in [6.07, 6.45) is 4.34. The number of hydrogen-bond donors (Lipinski definition) is 2. The van der Waals surface area contributed by atoms with Crippen molar-refractivity contribution in [1.29, 1.82) is 0 Å². The van der Waals surface area contributed by atoms with Crippen LogP contribution in [-0.4, -0.2) is 43.3 Å². The Morgan fingerprint density at radius 1 is 1.03 bits per heavy atom. The van der Waals surface area contributed by atoms with E-state index in [0.29, 0.717) is 22.6 Å². The number of aryl methyl sites for hydroxylation is 1. The third kappa shape index (κ3) is 3.77. The van der Waals surface area contributed by atoms with Crippen LogP contribution < -0.4 is 10.5 Å². The van der Waals surface area contributed by atoms with Crippen LogP contribution in [0, 0.1) is 6.92 Å². The summed E-state index contributed by atoms with van der Waals surface area (Å²) < 4.78 is 5.24. The second-order valence-electron chi connectivity index (χ2n) is 7.06. The maximum absolute atomic E-state index is 12.3. The van der Waals surface area contributed by atoms with Gasteiger partial charge in [0.15, 0.2) is 11.4 Å². The fraction of sp³-hybridized carbons (Fsp3) is 0.130. The highest BCUT2D eigenvalue weighted by atomic mass is 16.5. The minimum absolute atomic E-state index is 0.0106. The van der Waals surface area contributed by atoms with Crippen molar-refractivity contribution in [2.75, 3.05) is 7.11 Å². The fourth-order valence-corrected chi connectivity index (χ4v) is 3.34. The van der Waals surface area contributed by atoms with Gasteiger partial charge < -0.3 is 15.6 Å². The molecule has 0 spiro atoms. The van der Waals surface area contributed by atoms with Crippen LogP contribution in [0.2, 0.25) is 0 Å². The van der Waals surface area contributed by atoms with E-state index in [2.05, 4.69) is 25.1 Å². The zero-order valence-electron chi connectivity index (χ0n) is 17.4. The number of primary amides is 1. The maximum atomic E-state index is 12.3. The number of nitrogens with two attached hydrogens (primary N) is 1. The average molecular weight is 428 g/mol. The van der Waals surface area contributed by atoms with E-state index in [1.165, 1.54) is 18.6 Å². The third-order valence-electron chi connectivity index (χ3n) is 5.04. The van der Waals surface area contributed by atoms with Crippen LogP contribution in [0.15, 0.2) is 67.1 Å². The number of rotatable bonds is 6. The molecule has 1 unspecified atom stereocenters. The van der Waals surface area contributed by atoms with Gasteiger partial charge in [-0.2, -0.15) is 5.10 Å². The van der Waals surface area contributed by atoms with E-state index in [9.17, 15) is 9.90 Å². The Kier molecular flexibility index (Phi) is 5.57. The first-order valence-corrected chi connectivity index (χ1v) is 9.69. The van der Waals surface area contributed by atoms with Gasteiger partial charge in [-0.1, -0.05) is 18.2 Å². The summed E-state index contributed by atoms with van der Waals surface area (Å²) in [5, 5.41) is 20.0. The summed E-state index contributed by atoms with van der Waals surface area (Å²) >= 11 is 0. The molecule has 1 atom stereocenters. The molecule has 0 aliphatic carbocycles. The van der Waals surface area contributed by atoms with Gasteiger partial charge in [-0.25, -0.2) is 9.97 Å². The van der Waals surface area contributed by atoms with Crippen molar-refractivity contribution >= 4 is 5.91 Å². The number of aromatic nitrogens is 5. The molecule has 3 aromatic heterocycles. The summed E-state index contributed by atoms with van der Waals surface area (Å²) in [6.45, 7) is 1.84. The molecule has 9 nitrogen and oxygen atoms in total. The Morgan fingerprint density at radius 3 is 2.38 bits per heavy atom. The smallest absolute Gasteiger partial charge is 0.252 e. The highest BCUT2D eigenvalue weighted by molar-refractivity contribution is 5.94. The molecular formula is C23H20N6O3. The molecule has 1 amide bonds. The van der Waals surface area contributed by atoms with Crippen LogP contribution in [0.3, 0.4) is 0 Å². The maximum Gasteiger partial charge on any atom is 0.252 e. The quantitative estimate of drug-likeness (QED) is 0.476.